The molecule has 0 heterocycles. The fourth-order valence-electron chi connectivity index (χ4n) is 1.49. The Morgan fingerprint density at radius 1 is 1.29 bits per heavy atom. The van der Waals surface area contributed by atoms with Crippen molar-refractivity contribution >= 4 is 5.71 Å². The van der Waals surface area contributed by atoms with Gasteiger partial charge in [0.05, 0.1) is 5.70 Å². The van der Waals surface area contributed by atoms with Crippen LogP contribution in [0, 0.1) is 11.8 Å². The summed E-state index contributed by atoms with van der Waals surface area (Å²) < 4.78 is 0. The summed E-state index contributed by atoms with van der Waals surface area (Å²) in [6, 6.07) is 0. The molecule has 1 unspecified atom stereocenters. The molecule has 0 amide bonds. The van der Waals surface area contributed by atoms with Crippen LogP contribution in [0.25, 0.3) is 0 Å². The van der Waals surface area contributed by atoms with Crippen molar-refractivity contribution in [2.45, 2.75) is 48.0 Å². The molecule has 0 saturated carbocycles. The van der Waals surface area contributed by atoms with E-state index in [1.807, 2.05) is 19.9 Å². The van der Waals surface area contributed by atoms with Crippen LogP contribution in [0.1, 0.15) is 48.0 Å². The number of hydrogen-bond acceptors (Lipinski definition) is 1. The third-order valence-electron chi connectivity index (χ3n) is 2.24. The van der Waals surface area contributed by atoms with Crippen molar-refractivity contribution in [1.29, 1.82) is 0 Å². The fraction of sp³-hybridized carbons (Fsp3) is 0.692. The Morgan fingerprint density at radius 3 is 2.29 bits per heavy atom. The maximum atomic E-state index is 4.51. The average molecular weight is 193 g/mol. The Labute approximate surface area is 88.6 Å². The highest BCUT2D eigenvalue weighted by atomic mass is 14.7. The monoisotopic (exact) mass is 193 g/mol. The SMILES string of the molecule is CC=C=C(C)N=C(C)C(C)CC(C)C. The molecule has 0 spiro atoms. The van der Waals surface area contributed by atoms with E-state index in [1.54, 1.807) is 0 Å². The third-order valence-corrected chi connectivity index (χ3v) is 2.24. The van der Waals surface area contributed by atoms with Crippen LogP contribution in [-0.2, 0) is 0 Å². The first kappa shape index (κ1) is 13.2. The number of allylic oxidation sites excluding steroid dienone is 1. The molecule has 0 aliphatic heterocycles. The molecule has 1 nitrogen and oxygen atoms in total. The van der Waals surface area contributed by atoms with Gasteiger partial charge in [0, 0.05) is 5.71 Å². The lowest BCUT2D eigenvalue weighted by molar-refractivity contribution is 0.520. The Balaban J connectivity index is 4.45. The molecule has 0 saturated heterocycles. The van der Waals surface area contributed by atoms with E-state index in [0.717, 1.165) is 11.6 Å². The summed E-state index contributed by atoms with van der Waals surface area (Å²) in [6.45, 7) is 12.8. The van der Waals surface area contributed by atoms with Crippen molar-refractivity contribution in [2.75, 3.05) is 0 Å². The zero-order valence-corrected chi connectivity index (χ0v) is 10.4. The van der Waals surface area contributed by atoms with Crippen LogP contribution in [0.15, 0.2) is 22.5 Å². The molecule has 0 rings (SSSR count). The van der Waals surface area contributed by atoms with Crippen LogP contribution < -0.4 is 0 Å². The van der Waals surface area contributed by atoms with E-state index in [1.165, 1.54) is 12.1 Å². The Hall–Kier alpha value is -0.810. The van der Waals surface area contributed by atoms with Crippen LogP contribution in [0.5, 0.6) is 0 Å². The Kier molecular flexibility index (Phi) is 6.23. The zero-order valence-electron chi connectivity index (χ0n) is 10.4. The van der Waals surface area contributed by atoms with Gasteiger partial charge in [-0.2, -0.15) is 0 Å². The second-order valence-electron chi connectivity index (χ2n) is 4.30. The molecule has 0 bridgehead atoms. The van der Waals surface area contributed by atoms with E-state index in [0.29, 0.717) is 5.92 Å². The van der Waals surface area contributed by atoms with E-state index < -0.39 is 0 Å². The van der Waals surface area contributed by atoms with Gasteiger partial charge < -0.3 is 0 Å². The van der Waals surface area contributed by atoms with Gasteiger partial charge in [0.15, 0.2) is 0 Å². The van der Waals surface area contributed by atoms with Crippen molar-refractivity contribution in [3.8, 4) is 0 Å². The minimum atomic E-state index is 0.573. The van der Waals surface area contributed by atoms with Crippen LogP contribution in [-0.4, -0.2) is 5.71 Å². The Morgan fingerprint density at radius 2 is 1.86 bits per heavy atom. The van der Waals surface area contributed by atoms with E-state index in [2.05, 4.69) is 38.4 Å². The molecular weight excluding hydrogens is 170 g/mol. The van der Waals surface area contributed by atoms with Crippen LogP contribution in [0.3, 0.4) is 0 Å². The largest absolute Gasteiger partial charge is 0.254 e. The summed E-state index contributed by atoms with van der Waals surface area (Å²) in [4.78, 5) is 4.51. The molecule has 0 aliphatic carbocycles. The van der Waals surface area contributed by atoms with Gasteiger partial charge in [0.1, 0.15) is 0 Å². The van der Waals surface area contributed by atoms with Crippen LogP contribution in [0.4, 0.5) is 0 Å². The molecular formula is C13H23N. The van der Waals surface area contributed by atoms with Gasteiger partial charge in [0.25, 0.3) is 0 Å². The molecule has 0 aromatic rings. The molecule has 0 radical (unpaired) electrons. The van der Waals surface area contributed by atoms with E-state index >= 15 is 0 Å². The van der Waals surface area contributed by atoms with Crippen molar-refractivity contribution in [2.24, 2.45) is 16.8 Å². The first-order chi connectivity index (χ1) is 6.47. The number of rotatable bonds is 4. The van der Waals surface area contributed by atoms with Gasteiger partial charge in [-0.05, 0) is 45.1 Å². The molecule has 1 heteroatoms. The maximum Gasteiger partial charge on any atom is 0.0785 e. The lowest BCUT2D eigenvalue weighted by atomic mass is 9.95. The highest BCUT2D eigenvalue weighted by Gasteiger charge is 2.07. The summed E-state index contributed by atoms with van der Waals surface area (Å²) in [5, 5.41) is 0. The van der Waals surface area contributed by atoms with Gasteiger partial charge in [-0.25, -0.2) is 0 Å². The minimum Gasteiger partial charge on any atom is -0.254 e. The van der Waals surface area contributed by atoms with Crippen molar-refractivity contribution in [3.05, 3.63) is 17.5 Å². The lowest BCUT2D eigenvalue weighted by Gasteiger charge is -2.13. The van der Waals surface area contributed by atoms with Crippen LogP contribution >= 0.6 is 0 Å². The highest BCUT2D eigenvalue weighted by Crippen LogP contribution is 2.13. The average Bonchev–Trinajstić information content (AvgIpc) is 2.02. The van der Waals surface area contributed by atoms with Crippen LogP contribution in [0.2, 0.25) is 0 Å². The molecule has 14 heavy (non-hydrogen) atoms. The molecule has 80 valence electrons. The standard InChI is InChI=1S/C13H23N/c1-7-8-12(5)14-13(6)11(4)9-10(2)3/h7,10-11H,9H2,1-6H3. The molecule has 0 aliphatic rings. The quantitative estimate of drug-likeness (QED) is 0.468. The maximum absolute atomic E-state index is 4.51. The van der Waals surface area contributed by atoms with E-state index in [-0.39, 0.29) is 0 Å². The van der Waals surface area contributed by atoms with Gasteiger partial charge in [-0.15, -0.1) is 5.73 Å². The first-order valence-electron chi connectivity index (χ1n) is 5.40. The molecule has 0 aromatic carbocycles. The summed E-state index contributed by atoms with van der Waals surface area (Å²) in [6.07, 6.45) is 3.11. The highest BCUT2D eigenvalue weighted by molar-refractivity contribution is 5.84. The smallest absolute Gasteiger partial charge is 0.0785 e. The van der Waals surface area contributed by atoms with Gasteiger partial charge in [-0.3, -0.25) is 4.99 Å². The molecule has 0 fully saturated rings. The number of aliphatic imine (C=N–C) groups is 1. The third kappa shape index (κ3) is 5.77. The summed E-state index contributed by atoms with van der Waals surface area (Å²) in [7, 11) is 0. The van der Waals surface area contributed by atoms with Crippen molar-refractivity contribution < 1.29 is 0 Å². The predicted octanol–water partition coefficient (Wildman–Crippen LogP) is 4.21. The van der Waals surface area contributed by atoms with E-state index in [9.17, 15) is 0 Å². The number of hydrogen-bond donors (Lipinski definition) is 0. The first-order valence-corrected chi connectivity index (χ1v) is 5.40. The molecule has 0 aromatic heterocycles. The van der Waals surface area contributed by atoms with E-state index in [4.69, 9.17) is 0 Å². The summed E-state index contributed by atoms with van der Waals surface area (Å²) >= 11 is 0. The zero-order chi connectivity index (χ0) is 11.1. The van der Waals surface area contributed by atoms with Gasteiger partial charge in [0.2, 0.25) is 0 Å². The van der Waals surface area contributed by atoms with Gasteiger partial charge >= 0.3 is 0 Å². The van der Waals surface area contributed by atoms with Crippen molar-refractivity contribution in [3.63, 3.8) is 0 Å². The molecule has 0 N–H and O–H groups in total. The minimum absolute atomic E-state index is 0.573. The van der Waals surface area contributed by atoms with Crippen molar-refractivity contribution in [1.82, 2.24) is 0 Å². The number of nitrogens with zero attached hydrogens (tertiary/aromatic N) is 1. The van der Waals surface area contributed by atoms with Gasteiger partial charge in [-0.1, -0.05) is 20.8 Å². The normalized spacial score (nSPS) is 13.8. The summed E-state index contributed by atoms with van der Waals surface area (Å²) in [5.74, 6) is 1.31. The second-order valence-corrected chi connectivity index (χ2v) is 4.30. The second kappa shape index (κ2) is 6.62. The summed E-state index contributed by atoms with van der Waals surface area (Å²) in [5.41, 5.74) is 5.27. The Bertz CT molecular complexity index is 252. The lowest BCUT2D eigenvalue weighted by Crippen LogP contribution is -2.09. The predicted molar refractivity (Wildman–Crippen MR) is 64.7 cm³/mol. The molecule has 1 atom stereocenters. The topological polar surface area (TPSA) is 12.4 Å². The fourth-order valence-corrected chi connectivity index (χ4v) is 1.49.